The number of nitrogens with zero attached hydrogens (tertiary/aromatic N) is 6. The maximum Gasteiger partial charge on any atom is 0.148 e. The molecule has 1 N–H and O–H groups in total. The summed E-state index contributed by atoms with van der Waals surface area (Å²) in [6.07, 6.45) is 3.15. The van der Waals surface area contributed by atoms with Crippen LogP contribution in [0.15, 0.2) is 12.7 Å². The summed E-state index contributed by atoms with van der Waals surface area (Å²) >= 11 is 0. The Labute approximate surface area is 106 Å². The van der Waals surface area contributed by atoms with Gasteiger partial charge in [0.1, 0.15) is 30.8 Å². The summed E-state index contributed by atoms with van der Waals surface area (Å²) in [6, 6.07) is 0.295. The van der Waals surface area contributed by atoms with Crippen molar-refractivity contribution in [2.24, 2.45) is 0 Å². The lowest BCUT2D eigenvalue weighted by atomic mass is 10.4. The maximum atomic E-state index is 4.28. The minimum absolute atomic E-state index is 0.295. The second-order valence-corrected chi connectivity index (χ2v) is 4.33. The van der Waals surface area contributed by atoms with Gasteiger partial charge in [0.05, 0.1) is 6.54 Å². The lowest BCUT2D eigenvalue weighted by Gasteiger charge is -2.10. The van der Waals surface area contributed by atoms with Gasteiger partial charge in [-0.3, -0.25) is 0 Å². The van der Waals surface area contributed by atoms with E-state index in [1.807, 2.05) is 9.36 Å². The van der Waals surface area contributed by atoms with Crippen LogP contribution in [-0.2, 0) is 13.1 Å². The van der Waals surface area contributed by atoms with E-state index in [1.54, 1.807) is 12.7 Å². The van der Waals surface area contributed by atoms with Crippen molar-refractivity contribution < 1.29 is 0 Å². The number of nitrogens with one attached hydrogen (secondary N) is 1. The molecule has 0 aliphatic carbocycles. The van der Waals surface area contributed by atoms with Crippen molar-refractivity contribution in [1.82, 2.24) is 34.8 Å². The Morgan fingerprint density at radius 3 is 2.61 bits per heavy atom. The first-order chi connectivity index (χ1) is 8.72. The summed E-state index contributed by atoms with van der Waals surface area (Å²) < 4.78 is 3.75. The first-order valence-corrected chi connectivity index (χ1v) is 6.18. The van der Waals surface area contributed by atoms with E-state index in [2.05, 4.69) is 46.3 Å². The largest absolute Gasteiger partial charge is 0.310 e. The van der Waals surface area contributed by atoms with Crippen molar-refractivity contribution in [3.8, 4) is 0 Å². The Morgan fingerprint density at radius 2 is 1.89 bits per heavy atom. The summed E-state index contributed by atoms with van der Waals surface area (Å²) in [7, 11) is 0. The van der Waals surface area contributed by atoms with Gasteiger partial charge in [0.2, 0.25) is 0 Å². The highest BCUT2D eigenvalue weighted by Crippen LogP contribution is 2.07. The van der Waals surface area contributed by atoms with Gasteiger partial charge >= 0.3 is 0 Å². The second kappa shape index (κ2) is 5.72. The van der Waals surface area contributed by atoms with Crippen LogP contribution in [0.1, 0.15) is 38.5 Å². The first kappa shape index (κ1) is 12.7. The summed E-state index contributed by atoms with van der Waals surface area (Å²) in [4.78, 5) is 8.52. The van der Waals surface area contributed by atoms with Crippen molar-refractivity contribution in [3.05, 3.63) is 24.3 Å². The molecule has 0 spiro atoms. The van der Waals surface area contributed by atoms with Crippen LogP contribution in [0, 0.1) is 0 Å². The third-order valence-corrected chi connectivity index (χ3v) is 2.66. The van der Waals surface area contributed by atoms with Gasteiger partial charge in [-0.2, -0.15) is 10.2 Å². The van der Waals surface area contributed by atoms with E-state index in [-0.39, 0.29) is 0 Å². The zero-order chi connectivity index (χ0) is 13.0. The van der Waals surface area contributed by atoms with Crippen LogP contribution in [0.4, 0.5) is 0 Å². The molecule has 0 amide bonds. The molecule has 0 bridgehead atoms. The highest BCUT2D eigenvalue weighted by Gasteiger charge is 2.11. The molecule has 0 saturated carbocycles. The van der Waals surface area contributed by atoms with Gasteiger partial charge in [-0.1, -0.05) is 6.92 Å². The highest BCUT2D eigenvalue weighted by atomic mass is 15.4. The monoisotopic (exact) mass is 249 g/mol. The maximum absolute atomic E-state index is 4.28. The predicted molar refractivity (Wildman–Crippen MR) is 66.9 cm³/mol. The third-order valence-electron chi connectivity index (χ3n) is 2.66. The molecule has 2 heterocycles. The Morgan fingerprint density at radius 1 is 1.17 bits per heavy atom. The fraction of sp³-hybridized carbons (Fsp3) is 0.636. The third kappa shape index (κ3) is 2.73. The summed E-state index contributed by atoms with van der Waals surface area (Å²) in [5.41, 5.74) is 0. The molecular weight excluding hydrogens is 230 g/mol. The summed E-state index contributed by atoms with van der Waals surface area (Å²) in [5.74, 6) is 1.81. The molecule has 7 nitrogen and oxygen atoms in total. The van der Waals surface area contributed by atoms with Crippen LogP contribution in [0.5, 0.6) is 0 Å². The van der Waals surface area contributed by atoms with Crippen LogP contribution in [0.3, 0.4) is 0 Å². The average molecular weight is 249 g/mol. The van der Waals surface area contributed by atoms with Gasteiger partial charge in [-0.25, -0.2) is 19.3 Å². The minimum atomic E-state index is 0.295. The number of hydrogen-bond donors (Lipinski definition) is 1. The molecule has 98 valence electrons. The molecule has 0 radical (unpaired) electrons. The van der Waals surface area contributed by atoms with Crippen LogP contribution in [0.2, 0.25) is 0 Å². The van der Waals surface area contributed by atoms with Gasteiger partial charge in [-0.15, -0.1) is 0 Å². The quantitative estimate of drug-likeness (QED) is 0.812. The molecule has 2 aromatic heterocycles. The van der Waals surface area contributed by atoms with Crippen molar-refractivity contribution in [3.63, 3.8) is 0 Å². The molecule has 2 aromatic rings. The molecule has 0 atom stereocenters. The van der Waals surface area contributed by atoms with Crippen LogP contribution in [0.25, 0.3) is 0 Å². The fourth-order valence-electron chi connectivity index (χ4n) is 1.75. The zero-order valence-corrected chi connectivity index (χ0v) is 11.0. The Balaban J connectivity index is 2.13. The smallest absolute Gasteiger partial charge is 0.148 e. The highest BCUT2D eigenvalue weighted by molar-refractivity contribution is 4.92. The lowest BCUT2D eigenvalue weighted by molar-refractivity contribution is 0.480. The van der Waals surface area contributed by atoms with Gasteiger partial charge in [0.25, 0.3) is 0 Å². The van der Waals surface area contributed by atoms with E-state index in [0.29, 0.717) is 19.1 Å². The second-order valence-electron chi connectivity index (χ2n) is 4.33. The minimum Gasteiger partial charge on any atom is -0.310 e. The Hall–Kier alpha value is -1.76. The van der Waals surface area contributed by atoms with Gasteiger partial charge in [0, 0.05) is 6.04 Å². The fourth-order valence-corrected chi connectivity index (χ4v) is 1.75. The van der Waals surface area contributed by atoms with E-state index in [4.69, 9.17) is 0 Å². The number of rotatable bonds is 6. The number of hydrogen-bond acceptors (Lipinski definition) is 5. The Kier molecular flexibility index (Phi) is 4.03. The van der Waals surface area contributed by atoms with Crippen molar-refractivity contribution in [2.45, 2.75) is 39.9 Å². The molecule has 18 heavy (non-hydrogen) atoms. The van der Waals surface area contributed by atoms with E-state index >= 15 is 0 Å². The topological polar surface area (TPSA) is 73.5 Å². The molecule has 0 saturated heterocycles. The normalized spacial score (nSPS) is 11.3. The standard InChI is InChI=1S/C11H19N7/c1-4-12-5-10-13-7-15-17(10)6-11-14-8-16-18(11)9(2)3/h7-9,12H,4-6H2,1-3H3. The van der Waals surface area contributed by atoms with Crippen LogP contribution < -0.4 is 5.32 Å². The van der Waals surface area contributed by atoms with E-state index in [0.717, 1.165) is 18.2 Å². The van der Waals surface area contributed by atoms with Crippen molar-refractivity contribution >= 4 is 0 Å². The van der Waals surface area contributed by atoms with Crippen molar-refractivity contribution in [2.75, 3.05) is 6.54 Å². The van der Waals surface area contributed by atoms with E-state index in [9.17, 15) is 0 Å². The number of aromatic nitrogens is 6. The van der Waals surface area contributed by atoms with Crippen molar-refractivity contribution in [1.29, 1.82) is 0 Å². The molecule has 0 aromatic carbocycles. The van der Waals surface area contributed by atoms with Crippen LogP contribution in [-0.4, -0.2) is 36.1 Å². The molecule has 0 aliphatic rings. The molecule has 2 rings (SSSR count). The molecule has 7 heteroatoms. The Bertz CT molecular complexity index is 485. The summed E-state index contributed by atoms with van der Waals surface area (Å²) in [6.45, 7) is 8.45. The molecule has 0 aliphatic heterocycles. The zero-order valence-electron chi connectivity index (χ0n) is 11.0. The summed E-state index contributed by atoms with van der Waals surface area (Å²) in [5, 5.41) is 11.7. The van der Waals surface area contributed by atoms with E-state index in [1.165, 1.54) is 0 Å². The average Bonchev–Trinajstić information content (AvgIpc) is 2.96. The first-order valence-electron chi connectivity index (χ1n) is 6.18. The van der Waals surface area contributed by atoms with E-state index < -0.39 is 0 Å². The SMILES string of the molecule is CCNCc1ncnn1Cc1ncnn1C(C)C. The van der Waals surface area contributed by atoms with Crippen LogP contribution >= 0.6 is 0 Å². The van der Waals surface area contributed by atoms with Gasteiger partial charge in [-0.05, 0) is 20.4 Å². The lowest BCUT2D eigenvalue weighted by Crippen LogP contribution is -2.19. The molecular formula is C11H19N7. The molecule has 0 unspecified atom stereocenters. The van der Waals surface area contributed by atoms with Gasteiger partial charge < -0.3 is 5.32 Å². The predicted octanol–water partition coefficient (Wildman–Crippen LogP) is 0.608. The van der Waals surface area contributed by atoms with Gasteiger partial charge in [0.15, 0.2) is 0 Å². The molecule has 0 fully saturated rings.